The van der Waals surface area contributed by atoms with Crippen LogP contribution in [0.15, 0.2) is 36.1 Å². The molecule has 4 aliphatic rings. The minimum atomic E-state index is -0.955. The Morgan fingerprint density at radius 3 is 2.17 bits per heavy atom. The lowest BCUT2D eigenvalue weighted by Crippen LogP contribution is -2.35. The summed E-state index contributed by atoms with van der Waals surface area (Å²) in [6.45, 7) is 7.99. The second kappa shape index (κ2) is 11.7. The number of rotatable bonds is 7. The maximum Gasteiger partial charge on any atom is 0.314 e. The highest BCUT2D eigenvalue weighted by molar-refractivity contribution is 5.74. The highest BCUT2D eigenvalue weighted by Gasteiger charge is 2.45. The average Bonchev–Trinajstić information content (AvgIpc) is 2.90. The van der Waals surface area contributed by atoms with E-state index in [9.17, 15) is 4.79 Å². The summed E-state index contributed by atoms with van der Waals surface area (Å²) in [6.07, 6.45) is 19.5. The number of esters is 1. The van der Waals surface area contributed by atoms with E-state index in [1.807, 2.05) is 13.0 Å². The minimum Gasteiger partial charge on any atom is -0.423 e. The Bertz CT molecular complexity index is 806. The van der Waals surface area contributed by atoms with Gasteiger partial charge >= 0.3 is 5.97 Å². The van der Waals surface area contributed by atoms with Crippen LogP contribution in [0.25, 0.3) is 0 Å². The van der Waals surface area contributed by atoms with Crippen molar-refractivity contribution in [3.05, 3.63) is 36.1 Å². The highest BCUT2D eigenvalue weighted by atomic mass is 19.2. The Labute approximate surface area is 211 Å². The van der Waals surface area contributed by atoms with Gasteiger partial charge in [0.15, 0.2) is 11.6 Å². The third-order valence-corrected chi connectivity index (χ3v) is 10.2. The molecule has 196 valence electrons. The summed E-state index contributed by atoms with van der Waals surface area (Å²) in [6, 6.07) is 0. The molecule has 3 saturated carbocycles. The van der Waals surface area contributed by atoms with E-state index in [1.54, 1.807) is 6.08 Å². The molecule has 0 aromatic heterocycles. The van der Waals surface area contributed by atoms with Crippen molar-refractivity contribution >= 4 is 5.97 Å². The van der Waals surface area contributed by atoms with Crippen LogP contribution in [0.5, 0.6) is 0 Å². The molecule has 0 bridgehead atoms. The normalized spacial score (nSPS) is 38.6. The summed E-state index contributed by atoms with van der Waals surface area (Å²) in [5, 5.41) is 0. The largest absolute Gasteiger partial charge is 0.423 e. The summed E-state index contributed by atoms with van der Waals surface area (Å²) in [4.78, 5) is 12.6. The van der Waals surface area contributed by atoms with Gasteiger partial charge in [-0.05, 0) is 106 Å². The standard InChI is InChI=1S/C31H46F2O2/c1-4-6-22-9-11-23(12-10-22)24-15-17-26(18-16-24)31(3)20-19-27(28(32)29(31)33)35-30(34)25-13-7-21(5-2)8-14-25/h5,19,21-26H,2,4,6-18,20H2,1,3H3. The number of hydrogen-bond donors (Lipinski definition) is 0. The van der Waals surface area contributed by atoms with Crippen molar-refractivity contribution in [3.63, 3.8) is 0 Å². The molecule has 0 radical (unpaired) electrons. The molecule has 0 aromatic carbocycles. The van der Waals surface area contributed by atoms with Crippen LogP contribution in [-0.4, -0.2) is 5.97 Å². The maximum absolute atomic E-state index is 15.5. The number of allylic oxidation sites excluding steroid dienone is 4. The van der Waals surface area contributed by atoms with E-state index in [-0.39, 0.29) is 17.6 Å². The first-order valence-electron chi connectivity index (χ1n) is 14.5. The lowest BCUT2D eigenvalue weighted by atomic mass is 9.61. The smallest absolute Gasteiger partial charge is 0.314 e. The first kappa shape index (κ1) is 26.6. The Hall–Kier alpha value is -1.45. The topological polar surface area (TPSA) is 26.3 Å². The third kappa shape index (κ3) is 5.93. The summed E-state index contributed by atoms with van der Waals surface area (Å²) >= 11 is 0. The van der Waals surface area contributed by atoms with Crippen LogP contribution < -0.4 is 0 Å². The predicted molar refractivity (Wildman–Crippen MR) is 138 cm³/mol. The molecule has 2 nitrogen and oxygen atoms in total. The fraction of sp³-hybridized carbons (Fsp3) is 0.774. The van der Waals surface area contributed by atoms with Crippen LogP contribution in [0.4, 0.5) is 8.78 Å². The van der Waals surface area contributed by atoms with Crippen molar-refractivity contribution in [2.24, 2.45) is 40.9 Å². The monoisotopic (exact) mass is 488 g/mol. The summed E-state index contributed by atoms with van der Waals surface area (Å²) in [7, 11) is 0. The molecule has 4 heteroatoms. The molecule has 1 unspecified atom stereocenters. The van der Waals surface area contributed by atoms with Crippen LogP contribution in [0.3, 0.4) is 0 Å². The molecule has 0 aromatic rings. The van der Waals surface area contributed by atoms with Crippen LogP contribution in [-0.2, 0) is 9.53 Å². The zero-order valence-electron chi connectivity index (χ0n) is 22.0. The molecule has 0 spiro atoms. The summed E-state index contributed by atoms with van der Waals surface area (Å²) < 4.78 is 36.0. The van der Waals surface area contributed by atoms with Crippen molar-refractivity contribution < 1.29 is 18.3 Å². The van der Waals surface area contributed by atoms with Gasteiger partial charge in [0, 0.05) is 5.41 Å². The molecule has 4 rings (SSSR count). The zero-order chi connectivity index (χ0) is 25.0. The van der Waals surface area contributed by atoms with Gasteiger partial charge < -0.3 is 4.74 Å². The quantitative estimate of drug-likeness (QED) is 0.263. The van der Waals surface area contributed by atoms with Crippen LogP contribution in [0.2, 0.25) is 0 Å². The van der Waals surface area contributed by atoms with Crippen molar-refractivity contribution in [1.29, 1.82) is 0 Å². The van der Waals surface area contributed by atoms with Crippen molar-refractivity contribution in [3.8, 4) is 0 Å². The molecular formula is C31H46F2O2. The van der Waals surface area contributed by atoms with E-state index >= 15 is 8.78 Å². The number of carbonyl (C=O) groups excluding carboxylic acids is 1. The Balaban J connectivity index is 1.30. The SMILES string of the molecule is C=CC1CCC(C(=O)OC2=CCC(C)(C3CCC(C4CCC(CCC)CC4)CC3)C(F)=C2F)CC1. The minimum absolute atomic E-state index is 0.142. The number of halogens is 2. The van der Waals surface area contributed by atoms with Gasteiger partial charge in [-0.2, -0.15) is 4.39 Å². The molecule has 0 N–H and O–H groups in total. The molecule has 3 fully saturated rings. The van der Waals surface area contributed by atoms with Crippen LogP contribution in [0.1, 0.15) is 110 Å². The van der Waals surface area contributed by atoms with E-state index in [0.29, 0.717) is 12.3 Å². The fourth-order valence-electron chi connectivity index (χ4n) is 7.64. The van der Waals surface area contributed by atoms with Crippen LogP contribution >= 0.6 is 0 Å². The molecule has 0 saturated heterocycles. The van der Waals surface area contributed by atoms with Gasteiger partial charge in [0.1, 0.15) is 5.83 Å². The lowest BCUT2D eigenvalue weighted by Gasteiger charge is -2.44. The molecule has 0 heterocycles. The van der Waals surface area contributed by atoms with Gasteiger partial charge in [0.05, 0.1) is 5.92 Å². The predicted octanol–water partition coefficient (Wildman–Crippen LogP) is 9.38. The Kier molecular flexibility index (Phi) is 8.92. The zero-order valence-corrected chi connectivity index (χ0v) is 22.0. The maximum atomic E-state index is 15.5. The van der Waals surface area contributed by atoms with E-state index in [1.165, 1.54) is 38.5 Å². The summed E-state index contributed by atoms with van der Waals surface area (Å²) in [5.74, 6) is 0.570. The van der Waals surface area contributed by atoms with E-state index in [2.05, 4.69) is 13.5 Å². The van der Waals surface area contributed by atoms with Gasteiger partial charge in [0.25, 0.3) is 0 Å². The summed E-state index contributed by atoms with van der Waals surface area (Å²) in [5.41, 5.74) is -0.828. The first-order valence-corrected chi connectivity index (χ1v) is 14.5. The number of hydrogen-bond acceptors (Lipinski definition) is 2. The first-order chi connectivity index (χ1) is 16.9. The second-order valence-corrected chi connectivity index (χ2v) is 12.3. The van der Waals surface area contributed by atoms with Crippen molar-refractivity contribution in [2.75, 3.05) is 0 Å². The fourth-order valence-corrected chi connectivity index (χ4v) is 7.64. The number of carbonyl (C=O) groups is 1. The average molecular weight is 489 g/mol. The van der Waals surface area contributed by atoms with E-state index in [0.717, 1.165) is 69.1 Å². The van der Waals surface area contributed by atoms with E-state index < -0.39 is 23.0 Å². The second-order valence-electron chi connectivity index (χ2n) is 12.3. The van der Waals surface area contributed by atoms with E-state index in [4.69, 9.17) is 4.74 Å². The van der Waals surface area contributed by atoms with Gasteiger partial charge in [-0.25, -0.2) is 4.39 Å². The van der Waals surface area contributed by atoms with Crippen molar-refractivity contribution in [2.45, 2.75) is 110 Å². The van der Waals surface area contributed by atoms with Gasteiger partial charge in [-0.3, -0.25) is 4.79 Å². The Morgan fingerprint density at radius 1 is 1.00 bits per heavy atom. The van der Waals surface area contributed by atoms with Gasteiger partial charge in [-0.15, -0.1) is 6.58 Å². The molecule has 35 heavy (non-hydrogen) atoms. The molecule has 1 atom stereocenters. The van der Waals surface area contributed by atoms with Crippen molar-refractivity contribution in [1.82, 2.24) is 0 Å². The third-order valence-electron chi connectivity index (χ3n) is 10.2. The molecular weight excluding hydrogens is 442 g/mol. The highest BCUT2D eigenvalue weighted by Crippen LogP contribution is 2.53. The lowest BCUT2D eigenvalue weighted by molar-refractivity contribution is -0.145. The molecule has 0 aliphatic heterocycles. The molecule has 0 amide bonds. The van der Waals surface area contributed by atoms with Gasteiger partial charge in [-0.1, -0.05) is 45.6 Å². The van der Waals surface area contributed by atoms with Gasteiger partial charge in [0.2, 0.25) is 0 Å². The number of ether oxygens (including phenoxy) is 1. The molecule has 4 aliphatic carbocycles. The Morgan fingerprint density at radius 2 is 1.60 bits per heavy atom. The van der Waals surface area contributed by atoms with Crippen LogP contribution in [0, 0.1) is 40.9 Å².